The summed E-state index contributed by atoms with van der Waals surface area (Å²) in [5.74, 6) is 1.69. The molecule has 1 atom stereocenters. The van der Waals surface area contributed by atoms with Crippen LogP contribution in [0.3, 0.4) is 0 Å². The molecule has 0 aromatic heterocycles. The normalized spacial score (nSPS) is 16.5. The maximum Gasteiger partial charge on any atom is 0.122 e. The van der Waals surface area contributed by atoms with Crippen LogP contribution in [0.5, 0.6) is 5.75 Å². The molecule has 1 heterocycles. The van der Waals surface area contributed by atoms with E-state index in [1.54, 1.807) is 0 Å². The lowest BCUT2D eigenvalue weighted by atomic mass is 9.93. The molecule has 2 heteroatoms. The van der Waals surface area contributed by atoms with E-state index in [1.165, 1.54) is 11.1 Å². The van der Waals surface area contributed by atoms with Crippen LogP contribution in [-0.4, -0.2) is 13.2 Å². The molecule has 2 rings (SSSR count). The van der Waals surface area contributed by atoms with Gasteiger partial charge in [0.2, 0.25) is 0 Å². The summed E-state index contributed by atoms with van der Waals surface area (Å²) in [7, 11) is 0. The van der Waals surface area contributed by atoms with Gasteiger partial charge in [0.25, 0.3) is 0 Å². The Kier molecular flexibility index (Phi) is 4.06. The van der Waals surface area contributed by atoms with Gasteiger partial charge < -0.3 is 10.1 Å². The van der Waals surface area contributed by atoms with Gasteiger partial charge >= 0.3 is 0 Å². The molecule has 1 aromatic carbocycles. The fraction of sp³-hybridized carbons (Fsp3) is 0.600. The first kappa shape index (κ1) is 12.4. The number of rotatable bonds is 4. The van der Waals surface area contributed by atoms with Crippen LogP contribution >= 0.6 is 0 Å². The van der Waals surface area contributed by atoms with Crippen molar-refractivity contribution in [1.82, 2.24) is 5.32 Å². The van der Waals surface area contributed by atoms with E-state index in [1.807, 2.05) is 0 Å². The molecule has 0 fully saturated rings. The fourth-order valence-corrected chi connectivity index (χ4v) is 2.53. The summed E-state index contributed by atoms with van der Waals surface area (Å²) in [5, 5.41) is 3.56. The van der Waals surface area contributed by atoms with E-state index in [-0.39, 0.29) is 0 Å². The average molecular weight is 233 g/mol. The summed E-state index contributed by atoms with van der Waals surface area (Å²) < 4.78 is 5.66. The number of ether oxygens (including phenoxy) is 1. The Hall–Kier alpha value is -1.02. The Morgan fingerprint density at radius 2 is 2.18 bits per heavy atom. The molecule has 1 aliphatic rings. The zero-order valence-corrected chi connectivity index (χ0v) is 11.1. The lowest BCUT2D eigenvalue weighted by Crippen LogP contribution is -2.25. The van der Waals surface area contributed by atoms with Crippen LogP contribution in [0.25, 0.3) is 0 Å². The largest absolute Gasteiger partial charge is 0.493 e. The van der Waals surface area contributed by atoms with Crippen molar-refractivity contribution >= 4 is 0 Å². The molecule has 0 radical (unpaired) electrons. The van der Waals surface area contributed by atoms with Crippen molar-refractivity contribution in [2.45, 2.75) is 39.7 Å². The molecule has 0 spiro atoms. The number of nitrogens with one attached hydrogen (secondary N) is 1. The molecule has 94 valence electrons. The predicted octanol–water partition coefficient (Wildman–Crippen LogP) is 3.32. The second-order valence-corrected chi connectivity index (χ2v) is 5.10. The Labute approximate surface area is 104 Å². The number of fused-ring (bicyclic) bond motifs is 1. The smallest absolute Gasteiger partial charge is 0.122 e. The predicted molar refractivity (Wildman–Crippen MR) is 71.5 cm³/mol. The molecule has 2 nitrogen and oxygen atoms in total. The number of benzene rings is 1. The number of aryl methyl sites for hydroxylation is 1. The van der Waals surface area contributed by atoms with Gasteiger partial charge in [0.1, 0.15) is 5.75 Å². The zero-order valence-electron chi connectivity index (χ0n) is 11.1. The molecule has 0 saturated carbocycles. The molecular formula is C15H23NO. The first-order valence-corrected chi connectivity index (χ1v) is 6.71. The summed E-state index contributed by atoms with van der Waals surface area (Å²) in [4.78, 5) is 0. The quantitative estimate of drug-likeness (QED) is 0.861. The third-order valence-electron chi connectivity index (χ3n) is 3.38. The van der Waals surface area contributed by atoms with Gasteiger partial charge in [-0.25, -0.2) is 0 Å². The summed E-state index contributed by atoms with van der Waals surface area (Å²) in [6.07, 6.45) is 2.30. The summed E-state index contributed by atoms with van der Waals surface area (Å²) in [5.41, 5.74) is 2.77. The standard InChI is InChI=1S/C15H23NO/c1-4-16-15(11(2)3)13-7-8-14-12(10-13)6-5-9-17-14/h7-8,10-11,15-16H,4-6,9H2,1-3H3. The minimum Gasteiger partial charge on any atom is -0.493 e. The summed E-state index contributed by atoms with van der Waals surface area (Å²) in [6, 6.07) is 7.11. The van der Waals surface area contributed by atoms with Crippen LogP contribution in [-0.2, 0) is 6.42 Å². The molecule has 1 unspecified atom stereocenters. The first-order chi connectivity index (χ1) is 8.22. The highest BCUT2D eigenvalue weighted by Crippen LogP contribution is 2.30. The Bertz CT molecular complexity index is 373. The molecule has 1 N–H and O–H groups in total. The molecule has 0 saturated heterocycles. The third-order valence-corrected chi connectivity index (χ3v) is 3.38. The van der Waals surface area contributed by atoms with E-state index in [0.717, 1.165) is 31.7 Å². The van der Waals surface area contributed by atoms with Gasteiger partial charge in [-0.2, -0.15) is 0 Å². The van der Waals surface area contributed by atoms with Crippen molar-refractivity contribution in [2.75, 3.05) is 13.2 Å². The fourth-order valence-electron chi connectivity index (χ4n) is 2.53. The van der Waals surface area contributed by atoms with Crippen LogP contribution in [0.15, 0.2) is 18.2 Å². The number of hydrogen-bond donors (Lipinski definition) is 1. The van der Waals surface area contributed by atoms with Crippen molar-refractivity contribution in [3.63, 3.8) is 0 Å². The minimum atomic E-state index is 0.451. The van der Waals surface area contributed by atoms with Gasteiger partial charge in [-0.3, -0.25) is 0 Å². The zero-order chi connectivity index (χ0) is 12.3. The second-order valence-electron chi connectivity index (χ2n) is 5.10. The van der Waals surface area contributed by atoms with Crippen LogP contribution in [0.4, 0.5) is 0 Å². The van der Waals surface area contributed by atoms with Crippen molar-refractivity contribution < 1.29 is 4.74 Å². The monoisotopic (exact) mass is 233 g/mol. The SMILES string of the molecule is CCNC(c1ccc2c(c1)CCCO2)C(C)C. The highest BCUT2D eigenvalue weighted by molar-refractivity contribution is 5.39. The van der Waals surface area contributed by atoms with Crippen molar-refractivity contribution in [3.8, 4) is 5.75 Å². The van der Waals surface area contributed by atoms with E-state index in [2.05, 4.69) is 44.3 Å². The molecule has 1 aromatic rings. The van der Waals surface area contributed by atoms with Crippen molar-refractivity contribution in [2.24, 2.45) is 5.92 Å². The van der Waals surface area contributed by atoms with Gasteiger partial charge in [0.05, 0.1) is 6.61 Å². The van der Waals surface area contributed by atoms with Crippen molar-refractivity contribution in [3.05, 3.63) is 29.3 Å². The van der Waals surface area contributed by atoms with E-state index in [4.69, 9.17) is 4.74 Å². The van der Waals surface area contributed by atoms with Gasteiger partial charge in [-0.1, -0.05) is 32.9 Å². The van der Waals surface area contributed by atoms with Gasteiger partial charge in [0.15, 0.2) is 0 Å². The molecular weight excluding hydrogens is 210 g/mol. The highest BCUT2D eigenvalue weighted by Gasteiger charge is 2.17. The number of hydrogen-bond acceptors (Lipinski definition) is 2. The average Bonchev–Trinajstić information content (AvgIpc) is 2.35. The lowest BCUT2D eigenvalue weighted by Gasteiger charge is -2.25. The van der Waals surface area contributed by atoms with Crippen LogP contribution in [0.1, 0.15) is 44.4 Å². The highest BCUT2D eigenvalue weighted by atomic mass is 16.5. The summed E-state index contributed by atoms with van der Waals surface area (Å²) in [6.45, 7) is 8.58. The third kappa shape index (κ3) is 2.81. The summed E-state index contributed by atoms with van der Waals surface area (Å²) >= 11 is 0. The molecule has 0 bridgehead atoms. The second kappa shape index (κ2) is 5.54. The Morgan fingerprint density at radius 3 is 2.88 bits per heavy atom. The first-order valence-electron chi connectivity index (χ1n) is 6.71. The van der Waals surface area contributed by atoms with E-state index < -0.39 is 0 Å². The van der Waals surface area contributed by atoms with Crippen LogP contribution in [0.2, 0.25) is 0 Å². The topological polar surface area (TPSA) is 21.3 Å². The maximum absolute atomic E-state index is 5.66. The van der Waals surface area contributed by atoms with E-state index in [0.29, 0.717) is 12.0 Å². The molecule has 0 aliphatic carbocycles. The van der Waals surface area contributed by atoms with Gasteiger partial charge in [-0.05, 0) is 42.5 Å². The van der Waals surface area contributed by atoms with Crippen LogP contribution in [0, 0.1) is 5.92 Å². The van der Waals surface area contributed by atoms with Crippen molar-refractivity contribution in [1.29, 1.82) is 0 Å². The minimum absolute atomic E-state index is 0.451. The maximum atomic E-state index is 5.66. The Morgan fingerprint density at radius 1 is 1.35 bits per heavy atom. The van der Waals surface area contributed by atoms with Crippen LogP contribution < -0.4 is 10.1 Å². The van der Waals surface area contributed by atoms with Gasteiger partial charge in [0, 0.05) is 6.04 Å². The van der Waals surface area contributed by atoms with E-state index in [9.17, 15) is 0 Å². The lowest BCUT2D eigenvalue weighted by molar-refractivity contribution is 0.288. The molecule has 17 heavy (non-hydrogen) atoms. The Balaban J connectivity index is 2.25. The van der Waals surface area contributed by atoms with E-state index >= 15 is 0 Å². The molecule has 1 aliphatic heterocycles. The van der Waals surface area contributed by atoms with Gasteiger partial charge in [-0.15, -0.1) is 0 Å². The molecule has 0 amide bonds.